The first-order valence-corrected chi connectivity index (χ1v) is 5.58. The third kappa shape index (κ3) is 2.70. The van der Waals surface area contributed by atoms with Gasteiger partial charge in [-0.1, -0.05) is 6.07 Å². The number of anilines is 3. The van der Waals surface area contributed by atoms with E-state index in [0.29, 0.717) is 5.82 Å². The summed E-state index contributed by atoms with van der Waals surface area (Å²) in [4.78, 5) is 4.29. The second kappa shape index (κ2) is 5.37. The predicted octanol–water partition coefficient (Wildman–Crippen LogP) is 2.43. The van der Waals surface area contributed by atoms with Crippen LogP contribution in [0, 0.1) is 6.92 Å². The molecule has 5 heteroatoms. The van der Waals surface area contributed by atoms with Gasteiger partial charge in [-0.25, -0.2) is 10.8 Å². The highest BCUT2D eigenvalue weighted by atomic mass is 16.5. The van der Waals surface area contributed by atoms with E-state index in [1.807, 2.05) is 37.3 Å². The van der Waals surface area contributed by atoms with Crippen molar-refractivity contribution in [2.24, 2.45) is 5.84 Å². The zero-order valence-corrected chi connectivity index (χ0v) is 10.4. The third-order valence-corrected chi connectivity index (χ3v) is 2.59. The zero-order chi connectivity index (χ0) is 13.0. The lowest BCUT2D eigenvalue weighted by Gasteiger charge is -2.11. The maximum Gasteiger partial charge on any atom is 0.142 e. The van der Waals surface area contributed by atoms with Crippen molar-refractivity contribution in [1.82, 2.24) is 4.98 Å². The van der Waals surface area contributed by atoms with E-state index >= 15 is 0 Å². The highest BCUT2D eigenvalue weighted by Gasteiger charge is 2.02. The van der Waals surface area contributed by atoms with E-state index in [9.17, 15) is 0 Å². The number of nitrogens with zero attached hydrogens (tertiary/aromatic N) is 1. The van der Waals surface area contributed by atoms with Gasteiger partial charge in [0.25, 0.3) is 0 Å². The van der Waals surface area contributed by atoms with Gasteiger partial charge in [0, 0.05) is 5.69 Å². The Morgan fingerprint density at radius 2 is 1.94 bits per heavy atom. The fourth-order valence-electron chi connectivity index (χ4n) is 1.63. The van der Waals surface area contributed by atoms with Crippen LogP contribution in [0.5, 0.6) is 5.75 Å². The second-order valence-electron chi connectivity index (χ2n) is 3.86. The molecular weight excluding hydrogens is 228 g/mol. The Balaban J connectivity index is 2.22. The molecule has 0 fully saturated rings. The van der Waals surface area contributed by atoms with Crippen LogP contribution in [0.4, 0.5) is 17.3 Å². The summed E-state index contributed by atoms with van der Waals surface area (Å²) in [5, 5.41) is 3.24. The molecule has 2 rings (SSSR count). The van der Waals surface area contributed by atoms with Gasteiger partial charge in [-0.05, 0) is 42.8 Å². The number of aryl methyl sites for hydroxylation is 1. The smallest absolute Gasteiger partial charge is 0.142 e. The highest BCUT2D eigenvalue weighted by Crippen LogP contribution is 2.24. The van der Waals surface area contributed by atoms with Gasteiger partial charge in [0.05, 0.1) is 7.11 Å². The lowest BCUT2D eigenvalue weighted by atomic mass is 10.2. The van der Waals surface area contributed by atoms with Crippen molar-refractivity contribution in [3.05, 3.63) is 42.0 Å². The van der Waals surface area contributed by atoms with Gasteiger partial charge in [-0.15, -0.1) is 0 Å². The van der Waals surface area contributed by atoms with Gasteiger partial charge >= 0.3 is 0 Å². The van der Waals surface area contributed by atoms with Gasteiger partial charge in [-0.2, -0.15) is 0 Å². The molecule has 1 aromatic heterocycles. The number of hydrogen-bond donors (Lipinski definition) is 3. The minimum absolute atomic E-state index is 0.617. The fourth-order valence-corrected chi connectivity index (χ4v) is 1.63. The molecular formula is C13H16N4O. The molecule has 0 aliphatic rings. The van der Waals surface area contributed by atoms with Gasteiger partial charge in [-0.3, -0.25) is 0 Å². The number of rotatable bonds is 4. The van der Waals surface area contributed by atoms with Crippen LogP contribution in [0.1, 0.15) is 5.56 Å². The Kier molecular flexibility index (Phi) is 3.64. The molecule has 0 saturated heterocycles. The number of methoxy groups -OCH3 is 1. The molecule has 0 aliphatic heterocycles. The molecule has 0 radical (unpaired) electrons. The van der Waals surface area contributed by atoms with Crippen LogP contribution in [-0.4, -0.2) is 12.1 Å². The first-order valence-electron chi connectivity index (χ1n) is 5.58. The lowest BCUT2D eigenvalue weighted by Crippen LogP contribution is -2.09. The van der Waals surface area contributed by atoms with Crippen LogP contribution in [0.2, 0.25) is 0 Å². The predicted molar refractivity (Wildman–Crippen MR) is 73.1 cm³/mol. The van der Waals surface area contributed by atoms with E-state index in [0.717, 1.165) is 22.8 Å². The maximum atomic E-state index is 5.32. The number of nitrogens with two attached hydrogens (primary N) is 1. The number of nitrogens with one attached hydrogen (secondary N) is 2. The summed E-state index contributed by atoms with van der Waals surface area (Å²) < 4.78 is 5.17. The normalized spacial score (nSPS) is 9.94. The van der Waals surface area contributed by atoms with Crippen molar-refractivity contribution < 1.29 is 4.74 Å². The van der Waals surface area contributed by atoms with Crippen LogP contribution in [0.15, 0.2) is 36.4 Å². The minimum atomic E-state index is 0.617. The molecule has 0 saturated carbocycles. The zero-order valence-electron chi connectivity index (χ0n) is 10.4. The Hall–Kier alpha value is -2.27. The minimum Gasteiger partial charge on any atom is -0.497 e. The Morgan fingerprint density at radius 3 is 2.61 bits per heavy atom. The molecule has 5 nitrogen and oxygen atoms in total. The standard InChI is InChI=1S/C13H16N4O/c1-9-8-10(18-2)6-7-11(9)15-12-4-3-5-13(16-12)17-14/h3-8H,14H2,1-2H3,(H2,15,16,17). The fraction of sp³-hybridized carbons (Fsp3) is 0.154. The Morgan fingerprint density at radius 1 is 1.17 bits per heavy atom. The monoisotopic (exact) mass is 244 g/mol. The summed E-state index contributed by atoms with van der Waals surface area (Å²) in [6.07, 6.45) is 0. The summed E-state index contributed by atoms with van der Waals surface area (Å²) in [5.41, 5.74) is 4.58. The van der Waals surface area contributed by atoms with Gasteiger partial charge in [0.2, 0.25) is 0 Å². The molecule has 0 aliphatic carbocycles. The Bertz CT molecular complexity index is 542. The summed E-state index contributed by atoms with van der Waals surface area (Å²) in [5.74, 6) is 7.51. The van der Waals surface area contributed by atoms with E-state index in [-0.39, 0.29) is 0 Å². The molecule has 0 unspecified atom stereocenters. The quantitative estimate of drug-likeness (QED) is 0.569. The number of hydrogen-bond acceptors (Lipinski definition) is 5. The summed E-state index contributed by atoms with van der Waals surface area (Å²) in [6.45, 7) is 2.01. The average Bonchev–Trinajstić information content (AvgIpc) is 2.41. The van der Waals surface area contributed by atoms with Crippen molar-refractivity contribution in [2.75, 3.05) is 17.9 Å². The van der Waals surface area contributed by atoms with E-state index in [2.05, 4.69) is 15.7 Å². The van der Waals surface area contributed by atoms with Crippen LogP contribution >= 0.6 is 0 Å². The molecule has 0 spiro atoms. The van der Waals surface area contributed by atoms with Crippen molar-refractivity contribution in [1.29, 1.82) is 0 Å². The van der Waals surface area contributed by atoms with E-state index in [4.69, 9.17) is 10.6 Å². The van der Waals surface area contributed by atoms with E-state index < -0.39 is 0 Å². The Labute approximate surface area is 106 Å². The summed E-state index contributed by atoms with van der Waals surface area (Å²) >= 11 is 0. The maximum absolute atomic E-state index is 5.32. The molecule has 94 valence electrons. The molecule has 1 heterocycles. The number of aromatic nitrogens is 1. The summed E-state index contributed by atoms with van der Waals surface area (Å²) in [7, 11) is 1.65. The number of benzene rings is 1. The van der Waals surface area contributed by atoms with Crippen molar-refractivity contribution in [3.63, 3.8) is 0 Å². The molecule has 0 bridgehead atoms. The highest BCUT2D eigenvalue weighted by molar-refractivity contribution is 5.62. The topological polar surface area (TPSA) is 72.2 Å². The second-order valence-corrected chi connectivity index (χ2v) is 3.86. The molecule has 2 aromatic rings. The average molecular weight is 244 g/mol. The van der Waals surface area contributed by atoms with Crippen molar-refractivity contribution in [3.8, 4) is 5.75 Å². The van der Waals surface area contributed by atoms with Crippen LogP contribution in [-0.2, 0) is 0 Å². The number of pyridine rings is 1. The van der Waals surface area contributed by atoms with Gasteiger partial charge in [0.15, 0.2) is 0 Å². The van der Waals surface area contributed by atoms with Crippen LogP contribution in [0.3, 0.4) is 0 Å². The lowest BCUT2D eigenvalue weighted by molar-refractivity contribution is 0.414. The SMILES string of the molecule is COc1ccc(Nc2cccc(NN)n2)c(C)c1. The number of ether oxygens (including phenoxy) is 1. The van der Waals surface area contributed by atoms with E-state index in [1.165, 1.54) is 0 Å². The number of nitrogen functional groups attached to an aromatic ring is 1. The molecule has 0 amide bonds. The molecule has 0 atom stereocenters. The summed E-state index contributed by atoms with van der Waals surface area (Å²) in [6, 6.07) is 11.4. The molecule has 4 N–H and O–H groups in total. The molecule has 18 heavy (non-hydrogen) atoms. The van der Waals surface area contributed by atoms with E-state index in [1.54, 1.807) is 13.2 Å². The largest absolute Gasteiger partial charge is 0.497 e. The van der Waals surface area contributed by atoms with Gasteiger partial charge in [0.1, 0.15) is 17.4 Å². The molecule has 1 aromatic carbocycles. The van der Waals surface area contributed by atoms with Crippen molar-refractivity contribution in [2.45, 2.75) is 6.92 Å². The first kappa shape index (κ1) is 12.2. The first-order chi connectivity index (χ1) is 8.72. The van der Waals surface area contributed by atoms with Gasteiger partial charge < -0.3 is 15.5 Å². The number of hydrazine groups is 1. The van der Waals surface area contributed by atoms with Crippen LogP contribution in [0.25, 0.3) is 0 Å². The van der Waals surface area contributed by atoms with Crippen molar-refractivity contribution >= 4 is 17.3 Å². The third-order valence-electron chi connectivity index (χ3n) is 2.59. The van der Waals surface area contributed by atoms with Crippen LogP contribution < -0.4 is 21.3 Å².